The highest BCUT2D eigenvalue weighted by Gasteiger charge is 2.53. The Morgan fingerprint density at radius 2 is 1.41 bits per heavy atom. The zero-order valence-corrected chi connectivity index (χ0v) is 24.8. The molecule has 0 radical (unpaired) electrons. The molecule has 12 heteroatoms. The molecule has 8 rings (SSSR count). The fraction of sp³-hybridized carbons (Fsp3) is 0.281. The molecule has 3 aromatic carbocycles. The van der Waals surface area contributed by atoms with Crippen LogP contribution in [0.1, 0.15) is 53.4 Å². The molecule has 1 aromatic heterocycles. The number of aliphatic carboxylic acids is 1. The van der Waals surface area contributed by atoms with E-state index in [0.717, 1.165) is 24.0 Å². The highest BCUT2D eigenvalue weighted by Crippen LogP contribution is 2.52. The largest absolute Gasteiger partial charge is 0.481 e. The number of anilines is 1. The van der Waals surface area contributed by atoms with Crippen molar-refractivity contribution in [2.75, 3.05) is 18.9 Å². The molecule has 226 valence electrons. The molecule has 1 amide bonds. The van der Waals surface area contributed by atoms with Crippen LogP contribution in [0.2, 0.25) is 5.02 Å². The molecule has 1 unspecified atom stereocenters. The number of carbonyl (C=O) groups is 2. The van der Waals surface area contributed by atoms with Crippen molar-refractivity contribution in [2.45, 2.75) is 42.6 Å². The van der Waals surface area contributed by atoms with Gasteiger partial charge in [0.25, 0.3) is 0 Å². The first-order chi connectivity index (χ1) is 21.3. The smallest absolute Gasteiger partial charge is 0.314 e. The van der Waals surface area contributed by atoms with Crippen molar-refractivity contribution < 1.29 is 38.7 Å². The third-order valence-electron chi connectivity index (χ3n) is 8.41. The molecule has 4 aromatic rings. The number of fused-ring (bicyclic) bond motifs is 2. The summed E-state index contributed by atoms with van der Waals surface area (Å²) in [6.07, 6.45) is 3.62. The molecular formula is C32H27ClN2O8S. The fourth-order valence-corrected chi connectivity index (χ4v) is 6.50. The summed E-state index contributed by atoms with van der Waals surface area (Å²) < 4.78 is 21.2. The Morgan fingerprint density at radius 3 is 1.98 bits per heavy atom. The minimum Gasteiger partial charge on any atom is -0.481 e. The summed E-state index contributed by atoms with van der Waals surface area (Å²) in [7, 11) is 0. The number of carboxylic acid groups (broad SMARTS) is 1. The first-order valence-electron chi connectivity index (χ1n) is 14.0. The predicted molar refractivity (Wildman–Crippen MR) is 161 cm³/mol. The van der Waals surface area contributed by atoms with E-state index < -0.39 is 22.9 Å². The van der Waals surface area contributed by atoms with Crippen molar-refractivity contribution in [3.05, 3.63) is 93.5 Å². The van der Waals surface area contributed by atoms with Crippen molar-refractivity contribution >= 4 is 39.9 Å². The summed E-state index contributed by atoms with van der Waals surface area (Å²) >= 11 is 7.41. The number of amides is 1. The Bertz CT molecular complexity index is 1770. The quantitative estimate of drug-likeness (QED) is 0.230. The highest BCUT2D eigenvalue weighted by atomic mass is 35.5. The molecule has 10 nitrogen and oxygen atoms in total. The number of carbonyl (C=O) groups excluding carboxylic acids is 1. The lowest BCUT2D eigenvalue weighted by Gasteiger charge is -2.15. The topological polar surface area (TPSA) is 136 Å². The van der Waals surface area contributed by atoms with Crippen LogP contribution in [0.3, 0.4) is 0 Å². The summed E-state index contributed by atoms with van der Waals surface area (Å²) in [5.74, 6) is 1.86. The Kier molecular flexibility index (Phi) is 7.11. The zero-order chi connectivity index (χ0) is 30.5. The standard InChI is InChI=1S/C21H17ClN2O4S.C11H10O4/c22-14-4-2-1-3-13(14)18(25)17-10-23-20(29-17)24-19(26)21(7-8-21)12-5-6-15-16(9-12)28-11-27-15;12-10(13)11(3-4-11)7-1-2-8-9(5-7)15-6-14-8/h1-6,9-10,18,25H,7-8,11H2,(H,23,24,26);1-2,5H,3-4,6H2,(H,12,13). The first kappa shape index (κ1) is 28.5. The lowest BCUT2D eigenvalue weighted by Crippen LogP contribution is -2.27. The number of aromatic nitrogens is 1. The monoisotopic (exact) mass is 634 g/mol. The third kappa shape index (κ3) is 5.10. The minimum atomic E-state index is -0.893. The molecule has 2 saturated carbocycles. The Morgan fingerprint density at radius 1 is 0.841 bits per heavy atom. The van der Waals surface area contributed by atoms with Gasteiger partial charge in [-0.1, -0.05) is 53.3 Å². The number of hydrogen-bond donors (Lipinski definition) is 3. The predicted octanol–water partition coefficient (Wildman–Crippen LogP) is 5.81. The van der Waals surface area contributed by atoms with Crippen molar-refractivity contribution in [2.24, 2.45) is 0 Å². The van der Waals surface area contributed by atoms with Gasteiger partial charge in [0.05, 0.1) is 15.7 Å². The van der Waals surface area contributed by atoms with Crippen LogP contribution in [0.25, 0.3) is 0 Å². The van der Waals surface area contributed by atoms with Crippen LogP contribution in [0.15, 0.2) is 66.9 Å². The summed E-state index contributed by atoms with van der Waals surface area (Å²) in [5.41, 5.74) is 1.09. The van der Waals surface area contributed by atoms with Gasteiger partial charge >= 0.3 is 5.97 Å². The second kappa shape index (κ2) is 11.0. The molecule has 2 fully saturated rings. The fourth-order valence-electron chi connectivity index (χ4n) is 5.45. The van der Waals surface area contributed by atoms with Gasteiger partial charge in [0, 0.05) is 16.8 Å². The van der Waals surface area contributed by atoms with E-state index >= 15 is 0 Å². The molecule has 2 aliphatic heterocycles. The number of hydrogen-bond acceptors (Lipinski definition) is 9. The van der Waals surface area contributed by atoms with Gasteiger partial charge in [0.1, 0.15) is 6.10 Å². The SMILES string of the molecule is O=C(Nc1ncc(C(O)c2ccccc2Cl)s1)C1(c2ccc3c(c2)OCO3)CC1.O=C(O)C1(c2ccc3c(c2)OCO3)CC1. The van der Waals surface area contributed by atoms with E-state index in [1.54, 1.807) is 30.5 Å². The van der Waals surface area contributed by atoms with Gasteiger partial charge in [-0.05, 0) is 67.1 Å². The number of aliphatic hydroxyl groups excluding tert-OH is 1. The van der Waals surface area contributed by atoms with Crippen molar-refractivity contribution in [3.63, 3.8) is 0 Å². The Balaban J connectivity index is 0.000000174. The number of halogens is 1. The molecule has 2 aliphatic carbocycles. The molecule has 3 N–H and O–H groups in total. The molecular weight excluding hydrogens is 608 g/mol. The van der Waals surface area contributed by atoms with Gasteiger partial charge in [-0.3, -0.25) is 9.59 Å². The second-order valence-electron chi connectivity index (χ2n) is 11.1. The normalized spacial score (nSPS) is 18.0. The molecule has 0 bridgehead atoms. The number of carboxylic acids is 1. The van der Waals surface area contributed by atoms with Gasteiger partial charge in [0.2, 0.25) is 19.5 Å². The number of nitrogens with zero attached hydrogens (tertiary/aromatic N) is 1. The highest BCUT2D eigenvalue weighted by molar-refractivity contribution is 7.15. The van der Waals surface area contributed by atoms with E-state index in [0.29, 0.717) is 56.4 Å². The van der Waals surface area contributed by atoms with Crippen LogP contribution in [0.4, 0.5) is 5.13 Å². The van der Waals surface area contributed by atoms with E-state index in [9.17, 15) is 14.7 Å². The number of thiazole rings is 1. The number of rotatable bonds is 7. The van der Waals surface area contributed by atoms with Crippen LogP contribution in [-0.2, 0) is 20.4 Å². The average molecular weight is 635 g/mol. The maximum atomic E-state index is 13.0. The van der Waals surface area contributed by atoms with Gasteiger partial charge in [-0.15, -0.1) is 0 Å². The van der Waals surface area contributed by atoms with E-state index in [1.165, 1.54) is 11.3 Å². The minimum absolute atomic E-state index is 0.107. The third-order valence-corrected chi connectivity index (χ3v) is 9.72. The second-order valence-corrected chi connectivity index (χ2v) is 12.5. The Labute approximate surface area is 261 Å². The van der Waals surface area contributed by atoms with Crippen LogP contribution in [-0.4, -0.2) is 40.7 Å². The van der Waals surface area contributed by atoms with Crippen LogP contribution < -0.4 is 24.3 Å². The lowest BCUT2D eigenvalue weighted by atomic mass is 9.94. The van der Waals surface area contributed by atoms with Crippen LogP contribution in [0, 0.1) is 0 Å². The number of ether oxygens (including phenoxy) is 4. The van der Waals surface area contributed by atoms with E-state index in [-0.39, 0.29) is 19.5 Å². The lowest BCUT2D eigenvalue weighted by molar-refractivity contribution is -0.140. The summed E-state index contributed by atoms with van der Waals surface area (Å²) in [5, 5.41) is 23.6. The molecule has 3 heterocycles. The molecule has 1 atom stereocenters. The van der Waals surface area contributed by atoms with Crippen molar-refractivity contribution in [3.8, 4) is 23.0 Å². The first-order valence-corrected chi connectivity index (χ1v) is 15.2. The van der Waals surface area contributed by atoms with E-state index in [2.05, 4.69) is 10.3 Å². The number of benzene rings is 3. The van der Waals surface area contributed by atoms with Crippen molar-refractivity contribution in [1.82, 2.24) is 4.98 Å². The number of aliphatic hydroxyl groups is 1. The maximum Gasteiger partial charge on any atom is 0.314 e. The van der Waals surface area contributed by atoms with Gasteiger partial charge in [-0.2, -0.15) is 0 Å². The summed E-state index contributed by atoms with van der Waals surface area (Å²) in [6.45, 7) is 0.423. The zero-order valence-electron chi connectivity index (χ0n) is 23.2. The molecule has 44 heavy (non-hydrogen) atoms. The van der Waals surface area contributed by atoms with Gasteiger partial charge < -0.3 is 34.5 Å². The molecule has 0 spiro atoms. The van der Waals surface area contributed by atoms with E-state index in [4.69, 9.17) is 35.7 Å². The van der Waals surface area contributed by atoms with Gasteiger partial charge in [0.15, 0.2) is 28.1 Å². The van der Waals surface area contributed by atoms with Crippen molar-refractivity contribution in [1.29, 1.82) is 0 Å². The summed E-state index contributed by atoms with van der Waals surface area (Å²) in [4.78, 5) is 29.0. The van der Waals surface area contributed by atoms with Crippen LogP contribution in [0.5, 0.6) is 23.0 Å². The van der Waals surface area contributed by atoms with Gasteiger partial charge in [-0.25, -0.2) is 4.98 Å². The average Bonchev–Trinajstić information content (AvgIpc) is 3.84. The van der Waals surface area contributed by atoms with Crippen LogP contribution >= 0.6 is 22.9 Å². The van der Waals surface area contributed by atoms with E-state index in [1.807, 2.05) is 36.4 Å². The number of nitrogens with one attached hydrogen (secondary N) is 1. The summed E-state index contributed by atoms with van der Waals surface area (Å²) in [6, 6.07) is 18.1. The molecule has 0 saturated heterocycles. The molecule has 4 aliphatic rings. The Hall–Kier alpha value is -4.32. The maximum absolute atomic E-state index is 13.0.